The molecule has 0 N–H and O–H groups in total. The van der Waals surface area contributed by atoms with Gasteiger partial charge in [0.1, 0.15) is 5.82 Å². The Labute approximate surface area is 141 Å². The van der Waals surface area contributed by atoms with Crippen molar-refractivity contribution in [3.63, 3.8) is 0 Å². The van der Waals surface area contributed by atoms with Gasteiger partial charge in [-0.2, -0.15) is 0 Å². The van der Waals surface area contributed by atoms with Crippen molar-refractivity contribution in [3.05, 3.63) is 56.4 Å². The lowest BCUT2D eigenvalue weighted by Gasteiger charge is -2.30. The third-order valence-electron chi connectivity index (χ3n) is 3.09. The molecule has 0 spiro atoms. The van der Waals surface area contributed by atoms with Crippen LogP contribution in [-0.4, -0.2) is 10.7 Å². The van der Waals surface area contributed by atoms with Crippen molar-refractivity contribution in [2.45, 2.75) is 11.8 Å². The first-order valence-electron chi connectivity index (χ1n) is 5.71. The van der Waals surface area contributed by atoms with Gasteiger partial charge in [-0.1, -0.05) is 50.1 Å². The summed E-state index contributed by atoms with van der Waals surface area (Å²) >= 11 is 12.3. The predicted molar refractivity (Wildman–Crippen MR) is 91.4 cm³/mol. The second-order valence-corrected chi connectivity index (χ2v) is 7.47. The van der Waals surface area contributed by atoms with Crippen LogP contribution in [0.25, 0.3) is 0 Å². The van der Waals surface area contributed by atoms with Crippen LogP contribution in [0.4, 0.5) is 4.39 Å². The van der Waals surface area contributed by atoms with Gasteiger partial charge >= 0.3 is 0 Å². The molecule has 0 aliphatic carbocycles. The minimum Gasteiger partial charge on any atom is -0.207 e. The zero-order valence-corrected chi connectivity index (χ0v) is 15.6. The van der Waals surface area contributed by atoms with E-state index in [1.807, 2.05) is 12.1 Å². The fourth-order valence-corrected chi connectivity index (χ4v) is 5.56. The molecule has 0 unspecified atom stereocenters. The maximum Gasteiger partial charge on any atom is 0.127 e. The highest BCUT2D eigenvalue weighted by molar-refractivity contribution is 9.10. The molecule has 1 aromatic heterocycles. The predicted octanol–water partition coefficient (Wildman–Crippen LogP) is 5.92. The van der Waals surface area contributed by atoms with Crippen molar-refractivity contribution in [1.29, 1.82) is 0 Å². The molecule has 0 nitrogen and oxygen atoms in total. The average Bonchev–Trinajstić information content (AvgIpc) is 2.82. The van der Waals surface area contributed by atoms with E-state index >= 15 is 0 Å². The van der Waals surface area contributed by atoms with Crippen molar-refractivity contribution in [1.82, 2.24) is 0 Å². The molecule has 0 aliphatic rings. The summed E-state index contributed by atoms with van der Waals surface area (Å²) in [6.45, 7) is 0. The van der Waals surface area contributed by atoms with Crippen LogP contribution in [0.5, 0.6) is 0 Å². The molecule has 2 aromatic rings. The highest BCUT2D eigenvalue weighted by atomic mass is 79.9. The van der Waals surface area contributed by atoms with Gasteiger partial charge < -0.3 is 0 Å². The number of rotatable bonds is 5. The molecule has 1 heterocycles. The van der Waals surface area contributed by atoms with Crippen LogP contribution in [0.15, 0.2) is 40.2 Å². The first-order valence-corrected chi connectivity index (χ1v) is 9.63. The van der Waals surface area contributed by atoms with Gasteiger partial charge in [-0.3, -0.25) is 0 Å². The van der Waals surface area contributed by atoms with Crippen molar-refractivity contribution < 1.29 is 4.39 Å². The van der Waals surface area contributed by atoms with Gasteiger partial charge in [-0.15, -0.1) is 11.3 Å². The molecule has 1 aromatic carbocycles. The molecule has 0 atom stereocenters. The van der Waals surface area contributed by atoms with Crippen molar-refractivity contribution >= 4 is 59.1 Å². The molecule has 0 saturated carbocycles. The maximum absolute atomic E-state index is 14.1. The summed E-state index contributed by atoms with van der Waals surface area (Å²) in [5.74, 6) is -0.142. The zero-order valence-electron chi connectivity index (χ0n) is 10.0. The van der Waals surface area contributed by atoms with E-state index in [1.165, 1.54) is 10.9 Å². The lowest BCUT2D eigenvalue weighted by atomic mass is 9.80. The lowest BCUT2D eigenvalue weighted by Crippen LogP contribution is -2.33. The van der Waals surface area contributed by atoms with E-state index in [1.54, 1.807) is 17.4 Å². The topological polar surface area (TPSA) is 0 Å². The third-order valence-corrected chi connectivity index (χ3v) is 6.94. The Hall–Kier alpha value is 0.290. The van der Waals surface area contributed by atoms with Crippen LogP contribution in [0, 0.1) is 5.82 Å². The molecule has 5 heteroatoms. The molecule has 0 aliphatic heterocycles. The fourth-order valence-electron chi connectivity index (χ4n) is 2.04. The van der Waals surface area contributed by atoms with E-state index in [-0.39, 0.29) is 11.2 Å². The summed E-state index contributed by atoms with van der Waals surface area (Å²) in [7, 11) is 0. The zero-order chi connectivity index (χ0) is 13.9. The maximum atomic E-state index is 14.1. The summed E-state index contributed by atoms with van der Waals surface area (Å²) in [5.41, 5.74) is 0.489. The molecular formula is C14H12Br3FS. The summed E-state index contributed by atoms with van der Waals surface area (Å²) in [5, 5.41) is 3.48. The highest BCUT2D eigenvalue weighted by Gasteiger charge is 2.33. The van der Waals surface area contributed by atoms with Crippen LogP contribution in [0.1, 0.15) is 10.4 Å². The summed E-state index contributed by atoms with van der Waals surface area (Å²) in [6.07, 6.45) is 0.806. The second kappa shape index (κ2) is 6.83. The molecule has 102 valence electrons. The lowest BCUT2D eigenvalue weighted by molar-refractivity contribution is 0.504. The summed E-state index contributed by atoms with van der Waals surface area (Å²) in [6, 6.07) is 9.13. The van der Waals surface area contributed by atoms with E-state index in [9.17, 15) is 4.39 Å². The average molecular weight is 471 g/mol. The monoisotopic (exact) mass is 468 g/mol. The SMILES string of the molecule is Fc1ccccc1C(CBr)(CBr)Cc1cc(Br)cs1. The normalized spacial score (nSPS) is 11.8. The Morgan fingerprint density at radius 3 is 2.37 bits per heavy atom. The van der Waals surface area contributed by atoms with Gasteiger partial charge in [-0.25, -0.2) is 4.39 Å². The van der Waals surface area contributed by atoms with Gasteiger partial charge in [0, 0.05) is 30.8 Å². The van der Waals surface area contributed by atoms with E-state index < -0.39 is 0 Å². The number of benzene rings is 1. The summed E-state index contributed by atoms with van der Waals surface area (Å²) in [4.78, 5) is 1.24. The van der Waals surface area contributed by atoms with Crippen LogP contribution in [-0.2, 0) is 11.8 Å². The van der Waals surface area contributed by atoms with Crippen molar-refractivity contribution in [2.75, 3.05) is 10.7 Å². The number of halogens is 4. The minimum absolute atomic E-state index is 0.142. The van der Waals surface area contributed by atoms with E-state index in [0.29, 0.717) is 10.7 Å². The molecule has 0 radical (unpaired) electrons. The number of hydrogen-bond acceptors (Lipinski definition) is 1. The first-order chi connectivity index (χ1) is 9.11. The second-order valence-electron chi connectivity index (χ2n) is 4.44. The summed E-state index contributed by atoms with van der Waals surface area (Å²) < 4.78 is 15.2. The molecular weight excluding hydrogens is 459 g/mol. The minimum atomic E-state index is -0.268. The smallest absolute Gasteiger partial charge is 0.127 e. The Bertz CT molecular complexity index is 549. The number of thiophene rings is 1. The Morgan fingerprint density at radius 1 is 1.16 bits per heavy atom. The molecule has 0 fully saturated rings. The van der Waals surface area contributed by atoms with Crippen LogP contribution < -0.4 is 0 Å². The Kier molecular flexibility index (Phi) is 5.64. The van der Waals surface area contributed by atoms with E-state index in [2.05, 4.69) is 59.2 Å². The number of hydrogen-bond donors (Lipinski definition) is 0. The van der Waals surface area contributed by atoms with Gasteiger partial charge in [0.2, 0.25) is 0 Å². The fraction of sp³-hybridized carbons (Fsp3) is 0.286. The molecule has 0 bridgehead atoms. The number of alkyl halides is 2. The van der Waals surface area contributed by atoms with Gasteiger partial charge in [-0.05, 0) is 40.0 Å². The first kappa shape index (κ1) is 15.7. The quantitative estimate of drug-likeness (QED) is 0.476. The largest absolute Gasteiger partial charge is 0.207 e. The Balaban J connectivity index is 2.40. The van der Waals surface area contributed by atoms with E-state index in [4.69, 9.17) is 0 Å². The van der Waals surface area contributed by atoms with Gasteiger partial charge in [0.05, 0.1) is 0 Å². The van der Waals surface area contributed by atoms with E-state index in [0.717, 1.165) is 16.5 Å². The molecule has 19 heavy (non-hydrogen) atoms. The molecule has 2 rings (SSSR count). The standard InChI is InChI=1S/C14H12Br3FS/c15-8-14(9-16,6-11-5-10(17)7-19-11)12-3-1-2-4-13(12)18/h1-5,7H,6,8-9H2. The Morgan fingerprint density at radius 2 is 1.84 bits per heavy atom. The molecule has 0 saturated heterocycles. The molecule has 0 amide bonds. The van der Waals surface area contributed by atoms with Gasteiger partial charge in [0.25, 0.3) is 0 Å². The van der Waals surface area contributed by atoms with Crippen LogP contribution >= 0.6 is 59.1 Å². The highest BCUT2D eigenvalue weighted by Crippen LogP contribution is 2.36. The van der Waals surface area contributed by atoms with Crippen LogP contribution in [0.2, 0.25) is 0 Å². The van der Waals surface area contributed by atoms with Gasteiger partial charge in [0.15, 0.2) is 0 Å². The van der Waals surface area contributed by atoms with Crippen molar-refractivity contribution in [3.8, 4) is 0 Å². The van der Waals surface area contributed by atoms with Crippen LogP contribution in [0.3, 0.4) is 0 Å². The van der Waals surface area contributed by atoms with Crippen molar-refractivity contribution in [2.24, 2.45) is 0 Å². The third kappa shape index (κ3) is 3.49.